The topological polar surface area (TPSA) is 81.1 Å². The first-order valence-electron chi connectivity index (χ1n) is 4.06. The van der Waals surface area contributed by atoms with Gasteiger partial charge in [0.05, 0.1) is 6.42 Å². The first-order chi connectivity index (χ1) is 6.85. The van der Waals surface area contributed by atoms with Gasteiger partial charge in [-0.3, -0.25) is 4.79 Å². The van der Waals surface area contributed by atoms with Gasteiger partial charge < -0.3 is 16.8 Å². The molecular formula is C8H12F3N3O. The van der Waals surface area contributed by atoms with Gasteiger partial charge in [-0.25, -0.2) is 0 Å². The van der Waals surface area contributed by atoms with E-state index in [-0.39, 0.29) is 5.82 Å². The van der Waals surface area contributed by atoms with Crippen molar-refractivity contribution in [2.45, 2.75) is 19.0 Å². The summed E-state index contributed by atoms with van der Waals surface area (Å²) in [6, 6.07) is 0. The van der Waals surface area contributed by atoms with Crippen LogP contribution in [0, 0.1) is 0 Å². The van der Waals surface area contributed by atoms with Gasteiger partial charge in [0.1, 0.15) is 5.82 Å². The minimum absolute atomic E-state index is 0.0520. The highest BCUT2D eigenvalue weighted by molar-refractivity contribution is 5.77. The molecule has 0 aliphatic heterocycles. The van der Waals surface area contributed by atoms with Gasteiger partial charge in [0, 0.05) is 6.42 Å². The number of hydrogen-bond acceptors (Lipinski definition) is 3. The van der Waals surface area contributed by atoms with Crippen molar-refractivity contribution in [3.05, 3.63) is 24.2 Å². The van der Waals surface area contributed by atoms with Crippen LogP contribution in [-0.2, 0) is 4.79 Å². The van der Waals surface area contributed by atoms with Crippen LogP contribution < -0.4 is 16.8 Å². The number of amides is 1. The number of carbonyl (C=O) groups is 1. The van der Waals surface area contributed by atoms with E-state index in [9.17, 15) is 18.0 Å². The Kier molecular flexibility index (Phi) is 5.29. The molecule has 0 heterocycles. The van der Waals surface area contributed by atoms with E-state index in [1.165, 1.54) is 18.4 Å². The van der Waals surface area contributed by atoms with Crippen LogP contribution in [0.3, 0.4) is 0 Å². The van der Waals surface area contributed by atoms with Gasteiger partial charge >= 0.3 is 6.18 Å². The molecule has 0 aromatic heterocycles. The molecule has 1 amide bonds. The molecule has 4 nitrogen and oxygen atoms in total. The third-order valence-electron chi connectivity index (χ3n) is 1.31. The lowest BCUT2D eigenvalue weighted by Crippen LogP contribution is -2.28. The molecule has 5 N–H and O–H groups in total. The second-order valence-corrected chi connectivity index (χ2v) is 2.67. The normalized spacial score (nSPS) is 13.1. The summed E-state index contributed by atoms with van der Waals surface area (Å²) in [5.41, 5.74) is 10.2. The lowest BCUT2D eigenvalue weighted by atomic mass is 10.3. The smallest absolute Gasteiger partial charge is 0.389 e. The fourth-order valence-corrected chi connectivity index (χ4v) is 0.680. The average Bonchev–Trinajstić information content (AvgIpc) is 2.10. The number of nitrogens with two attached hydrogens (primary N) is 2. The number of nitrogens with one attached hydrogen (secondary N) is 1. The molecule has 0 aromatic rings. The summed E-state index contributed by atoms with van der Waals surface area (Å²) in [5, 5.41) is 2.08. The quantitative estimate of drug-likeness (QED) is 0.614. The van der Waals surface area contributed by atoms with Crippen molar-refractivity contribution in [1.29, 1.82) is 0 Å². The van der Waals surface area contributed by atoms with Gasteiger partial charge in [0.2, 0.25) is 5.91 Å². The Labute approximate surface area is 84.8 Å². The standard InChI is InChI=1S/C8H12F3N3O/c9-8(10,11)4-3-7(15)14-6(13)2-1-5-12/h1-2,5H,3-4,12-13H2,(H,14,15)/b5-1-,6-2+. The number of halogens is 3. The second-order valence-electron chi connectivity index (χ2n) is 2.67. The lowest BCUT2D eigenvalue weighted by Gasteiger charge is -2.06. The Hall–Kier alpha value is -1.66. The maximum Gasteiger partial charge on any atom is 0.389 e. The van der Waals surface area contributed by atoms with Crippen LogP contribution >= 0.6 is 0 Å². The molecule has 0 saturated heterocycles. The Balaban J connectivity index is 3.94. The zero-order valence-corrected chi connectivity index (χ0v) is 7.84. The number of alkyl halides is 3. The van der Waals surface area contributed by atoms with Gasteiger partial charge in [-0.05, 0) is 18.4 Å². The molecule has 0 aromatic carbocycles. The maximum absolute atomic E-state index is 11.7. The average molecular weight is 223 g/mol. The summed E-state index contributed by atoms with van der Waals surface area (Å²) in [5.74, 6) is -0.838. The summed E-state index contributed by atoms with van der Waals surface area (Å²) < 4.78 is 35.1. The summed E-state index contributed by atoms with van der Waals surface area (Å²) in [7, 11) is 0. The monoisotopic (exact) mass is 223 g/mol. The number of rotatable bonds is 4. The van der Waals surface area contributed by atoms with E-state index in [1.54, 1.807) is 0 Å². The first-order valence-corrected chi connectivity index (χ1v) is 4.06. The fraction of sp³-hybridized carbons (Fsp3) is 0.375. The molecule has 7 heteroatoms. The third kappa shape index (κ3) is 8.66. The summed E-state index contributed by atoms with van der Waals surface area (Å²) in [6.45, 7) is 0. The number of hydrogen-bond donors (Lipinski definition) is 3. The molecule has 0 fully saturated rings. The molecule has 0 saturated carbocycles. The first kappa shape index (κ1) is 13.3. The largest absolute Gasteiger partial charge is 0.405 e. The predicted molar refractivity (Wildman–Crippen MR) is 49.0 cm³/mol. The van der Waals surface area contributed by atoms with Crippen molar-refractivity contribution in [2.24, 2.45) is 11.5 Å². The van der Waals surface area contributed by atoms with E-state index < -0.39 is 24.9 Å². The van der Waals surface area contributed by atoms with Crippen LogP contribution in [0.25, 0.3) is 0 Å². The van der Waals surface area contributed by atoms with E-state index >= 15 is 0 Å². The van der Waals surface area contributed by atoms with Crippen molar-refractivity contribution in [1.82, 2.24) is 5.32 Å². The zero-order chi connectivity index (χ0) is 11.9. The van der Waals surface area contributed by atoms with Crippen molar-refractivity contribution in [3.8, 4) is 0 Å². The third-order valence-corrected chi connectivity index (χ3v) is 1.31. The van der Waals surface area contributed by atoms with Crippen molar-refractivity contribution >= 4 is 5.91 Å². The van der Waals surface area contributed by atoms with Gasteiger partial charge in [-0.15, -0.1) is 0 Å². The molecule has 0 bridgehead atoms. The van der Waals surface area contributed by atoms with Crippen molar-refractivity contribution in [3.63, 3.8) is 0 Å². The van der Waals surface area contributed by atoms with E-state index in [2.05, 4.69) is 5.32 Å². The highest BCUT2D eigenvalue weighted by Gasteiger charge is 2.27. The fourth-order valence-electron chi connectivity index (χ4n) is 0.680. The Bertz CT molecular complexity index is 271. The van der Waals surface area contributed by atoms with Gasteiger partial charge in [0.15, 0.2) is 0 Å². The SMILES string of the molecule is N/C=C\C=C(/N)NC(=O)CCC(F)(F)F. The van der Waals surface area contributed by atoms with Crippen molar-refractivity contribution in [2.75, 3.05) is 0 Å². The van der Waals surface area contributed by atoms with Gasteiger partial charge in [0.25, 0.3) is 0 Å². The second kappa shape index (κ2) is 5.94. The number of carbonyl (C=O) groups excluding carboxylic acids is 1. The Morgan fingerprint density at radius 2 is 2.00 bits per heavy atom. The van der Waals surface area contributed by atoms with E-state index in [0.29, 0.717) is 0 Å². The minimum atomic E-state index is -4.34. The molecule has 0 aliphatic rings. The van der Waals surface area contributed by atoms with Crippen LogP contribution in [0.1, 0.15) is 12.8 Å². The van der Waals surface area contributed by atoms with Crippen LogP contribution in [0.4, 0.5) is 13.2 Å². The highest BCUT2D eigenvalue weighted by atomic mass is 19.4. The molecule has 0 spiro atoms. The Morgan fingerprint density at radius 3 is 2.47 bits per heavy atom. The van der Waals surface area contributed by atoms with E-state index in [0.717, 1.165) is 0 Å². The molecule has 0 unspecified atom stereocenters. The van der Waals surface area contributed by atoms with Crippen LogP contribution in [0.2, 0.25) is 0 Å². The van der Waals surface area contributed by atoms with Crippen LogP contribution in [-0.4, -0.2) is 12.1 Å². The molecule has 0 atom stereocenters. The molecule has 15 heavy (non-hydrogen) atoms. The highest BCUT2D eigenvalue weighted by Crippen LogP contribution is 2.20. The Morgan fingerprint density at radius 1 is 1.40 bits per heavy atom. The molecule has 0 radical (unpaired) electrons. The molecule has 86 valence electrons. The van der Waals surface area contributed by atoms with Crippen molar-refractivity contribution < 1.29 is 18.0 Å². The van der Waals surface area contributed by atoms with E-state index in [4.69, 9.17) is 11.5 Å². The van der Waals surface area contributed by atoms with Crippen LogP contribution in [0.15, 0.2) is 24.2 Å². The number of allylic oxidation sites excluding steroid dienone is 2. The zero-order valence-electron chi connectivity index (χ0n) is 7.84. The summed E-state index contributed by atoms with van der Waals surface area (Å²) in [4.78, 5) is 10.9. The van der Waals surface area contributed by atoms with E-state index in [1.807, 2.05) is 0 Å². The maximum atomic E-state index is 11.7. The minimum Gasteiger partial charge on any atom is -0.405 e. The molecule has 0 aliphatic carbocycles. The van der Waals surface area contributed by atoms with Gasteiger partial charge in [-0.2, -0.15) is 13.2 Å². The molecular weight excluding hydrogens is 211 g/mol. The molecule has 0 rings (SSSR count). The summed E-state index contributed by atoms with van der Waals surface area (Å²) >= 11 is 0. The lowest BCUT2D eigenvalue weighted by molar-refractivity contribution is -0.143. The summed E-state index contributed by atoms with van der Waals surface area (Å²) in [6.07, 6.45) is -2.37. The van der Waals surface area contributed by atoms with Gasteiger partial charge in [-0.1, -0.05) is 0 Å². The predicted octanol–water partition coefficient (Wildman–Crippen LogP) is 0.718. The van der Waals surface area contributed by atoms with Crippen LogP contribution in [0.5, 0.6) is 0 Å².